The molecule has 1 N–H and O–H groups in total. The van der Waals surface area contributed by atoms with Gasteiger partial charge in [0.15, 0.2) is 0 Å². The summed E-state index contributed by atoms with van der Waals surface area (Å²) in [5, 5.41) is 10.2. The van der Waals surface area contributed by atoms with Crippen LogP contribution in [0.1, 0.15) is 38.0 Å². The second-order valence-electron chi connectivity index (χ2n) is 5.74. The quantitative estimate of drug-likeness (QED) is 0.777. The molecule has 3 atom stereocenters. The van der Waals surface area contributed by atoms with E-state index >= 15 is 0 Å². The number of benzene rings is 1. The molecular weight excluding hydrogens is 200 g/mol. The maximum Gasteiger partial charge on any atom is 0.115 e. The van der Waals surface area contributed by atoms with Crippen LogP contribution >= 0.6 is 0 Å². The molecule has 1 aromatic carbocycles. The molecule has 0 amide bonds. The Morgan fingerprint density at radius 3 is 2.19 bits per heavy atom. The van der Waals surface area contributed by atoms with Crippen molar-refractivity contribution in [2.45, 2.75) is 46.0 Å². The lowest BCUT2D eigenvalue weighted by molar-refractivity contribution is 0.136. The Labute approximate surface area is 97.3 Å². The summed E-state index contributed by atoms with van der Waals surface area (Å²) in [6.45, 7) is 8.46. The molecule has 1 aromatic rings. The highest BCUT2D eigenvalue weighted by Crippen LogP contribution is 2.44. The summed E-state index contributed by atoms with van der Waals surface area (Å²) in [7, 11) is 0. The van der Waals surface area contributed by atoms with Gasteiger partial charge in [0.1, 0.15) is 12.2 Å². The van der Waals surface area contributed by atoms with E-state index in [9.17, 15) is 5.11 Å². The van der Waals surface area contributed by atoms with Gasteiger partial charge in [0, 0.05) is 0 Å². The fourth-order valence-corrected chi connectivity index (χ4v) is 2.01. The predicted molar refractivity (Wildman–Crippen MR) is 64.3 cm³/mol. The van der Waals surface area contributed by atoms with Gasteiger partial charge in [-0.15, -0.1) is 0 Å². The van der Waals surface area contributed by atoms with Gasteiger partial charge in [-0.25, -0.2) is 0 Å². The normalized spacial score (nSPS) is 26.6. The van der Waals surface area contributed by atoms with E-state index < -0.39 is 6.10 Å². The fourth-order valence-electron chi connectivity index (χ4n) is 2.01. The van der Waals surface area contributed by atoms with Gasteiger partial charge in [-0.3, -0.25) is 0 Å². The van der Waals surface area contributed by atoms with Crippen LogP contribution in [0.3, 0.4) is 0 Å². The minimum atomic E-state index is -0.496. The van der Waals surface area contributed by atoms with Crippen LogP contribution in [-0.2, 0) is 4.74 Å². The molecule has 2 heteroatoms. The van der Waals surface area contributed by atoms with Gasteiger partial charge in [0.05, 0.1) is 6.10 Å². The van der Waals surface area contributed by atoms with Crippen molar-refractivity contribution in [1.82, 2.24) is 0 Å². The third kappa shape index (κ3) is 2.28. The zero-order valence-corrected chi connectivity index (χ0v) is 10.4. The molecule has 1 aliphatic rings. The van der Waals surface area contributed by atoms with Gasteiger partial charge >= 0.3 is 0 Å². The second-order valence-corrected chi connectivity index (χ2v) is 5.74. The van der Waals surface area contributed by atoms with Crippen molar-refractivity contribution in [3.8, 4) is 0 Å². The predicted octanol–water partition coefficient (Wildman–Crippen LogP) is 2.84. The smallest absolute Gasteiger partial charge is 0.115 e. The van der Waals surface area contributed by atoms with Crippen molar-refractivity contribution < 1.29 is 9.84 Å². The van der Waals surface area contributed by atoms with Crippen LogP contribution in [0.4, 0.5) is 0 Å². The third-order valence-electron chi connectivity index (χ3n) is 3.11. The Morgan fingerprint density at radius 1 is 1.19 bits per heavy atom. The number of rotatable bonds is 2. The Bertz CT molecular complexity index is 361. The molecule has 1 heterocycles. The lowest BCUT2D eigenvalue weighted by Crippen LogP contribution is -2.19. The monoisotopic (exact) mass is 220 g/mol. The molecule has 1 saturated heterocycles. The van der Waals surface area contributed by atoms with Crippen molar-refractivity contribution in [2.24, 2.45) is 5.41 Å². The standard InChI is InChI=1S/C14H20O2/c1-9-5-7-10(8-6-9)11(15)12-13(16-12)14(2,3)4/h5-8,11-13,15H,1-4H3/t11-,12?,13?/m1/s1. The van der Waals surface area contributed by atoms with Gasteiger partial charge in [-0.1, -0.05) is 50.6 Å². The highest BCUT2D eigenvalue weighted by molar-refractivity contribution is 5.25. The Kier molecular flexibility index (Phi) is 2.81. The van der Waals surface area contributed by atoms with E-state index in [1.807, 2.05) is 31.2 Å². The summed E-state index contributed by atoms with van der Waals surface area (Å²) in [5.74, 6) is 0. The van der Waals surface area contributed by atoms with E-state index in [0.29, 0.717) is 0 Å². The van der Waals surface area contributed by atoms with Gasteiger partial charge in [0.2, 0.25) is 0 Å². The van der Waals surface area contributed by atoms with Crippen LogP contribution < -0.4 is 0 Å². The summed E-state index contributed by atoms with van der Waals surface area (Å²) >= 11 is 0. The van der Waals surface area contributed by atoms with Crippen LogP contribution in [0.5, 0.6) is 0 Å². The number of epoxide rings is 1. The zero-order valence-electron chi connectivity index (χ0n) is 10.4. The van der Waals surface area contributed by atoms with Crippen molar-refractivity contribution in [3.63, 3.8) is 0 Å². The first-order chi connectivity index (χ1) is 7.39. The Balaban J connectivity index is 2.05. The van der Waals surface area contributed by atoms with Crippen LogP contribution in [0.25, 0.3) is 0 Å². The molecule has 0 aliphatic carbocycles. The number of hydrogen-bond acceptors (Lipinski definition) is 2. The van der Waals surface area contributed by atoms with Crippen LogP contribution in [0.2, 0.25) is 0 Å². The Morgan fingerprint density at radius 2 is 1.75 bits per heavy atom. The maximum absolute atomic E-state index is 10.2. The highest BCUT2D eigenvalue weighted by atomic mass is 16.6. The molecule has 0 bridgehead atoms. The van der Waals surface area contributed by atoms with Gasteiger partial charge < -0.3 is 9.84 Å². The lowest BCUT2D eigenvalue weighted by atomic mass is 9.88. The molecule has 88 valence electrons. The first-order valence-electron chi connectivity index (χ1n) is 5.79. The molecule has 1 fully saturated rings. The molecule has 0 radical (unpaired) electrons. The van der Waals surface area contributed by atoms with E-state index in [4.69, 9.17) is 4.74 Å². The van der Waals surface area contributed by atoms with E-state index in [1.54, 1.807) is 0 Å². The summed E-state index contributed by atoms with van der Waals surface area (Å²) in [6, 6.07) is 7.99. The molecule has 16 heavy (non-hydrogen) atoms. The molecule has 2 unspecified atom stereocenters. The average molecular weight is 220 g/mol. The topological polar surface area (TPSA) is 32.8 Å². The molecular formula is C14H20O2. The molecule has 2 rings (SSSR count). The van der Waals surface area contributed by atoms with E-state index in [-0.39, 0.29) is 17.6 Å². The average Bonchev–Trinajstić information content (AvgIpc) is 2.96. The maximum atomic E-state index is 10.2. The highest BCUT2D eigenvalue weighted by Gasteiger charge is 2.51. The number of aryl methyl sites for hydroxylation is 1. The largest absolute Gasteiger partial charge is 0.386 e. The molecule has 0 saturated carbocycles. The minimum Gasteiger partial charge on any atom is -0.386 e. The summed E-state index contributed by atoms with van der Waals surface area (Å²) in [5.41, 5.74) is 2.26. The first-order valence-corrected chi connectivity index (χ1v) is 5.79. The fraction of sp³-hybridized carbons (Fsp3) is 0.571. The third-order valence-corrected chi connectivity index (χ3v) is 3.11. The first kappa shape index (κ1) is 11.6. The van der Waals surface area contributed by atoms with Crippen molar-refractivity contribution in [1.29, 1.82) is 0 Å². The van der Waals surface area contributed by atoms with E-state index in [2.05, 4.69) is 20.8 Å². The van der Waals surface area contributed by atoms with E-state index in [0.717, 1.165) is 5.56 Å². The number of ether oxygens (including phenoxy) is 1. The minimum absolute atomic E-state index is 0.0392. The van der Waals surface area contributed by atoms with Crippen molar-refractivity contribution in [2.75, 3.05) is 0 Å². The molecule has 1 aliphatic heterocycles. The molecule has 0 spiro atoms. The van der Waals surface area contributed by atoms with Crippen molar-refractivity contribution in [3.05, 3.63) is 35.4 Å². The van der Waals surface area contributed by atoms with Crippen LogP contribution in [0.15, 0.2) is 24.3 Å². The number of aliphatic hydroxyl groups excluding tert-OH is 1. The summed E-state index contributed by atoms with van der Waals surface area (Å²) in [4.78, 5) is 0. The molecule has 2 nitrogen and oxygen atoms in total. The number of hydrogen-bond donors (Lipinski definition) is 1. The van der Waals surface area contributed by atoms with Gasteiger partial charge in [-0.05, 0) is 17.9 Å². The number of aliphatic hydroxyl groups is 1. The second kappa shape index (κ2) is 3.86. The van der Waals surface area contributed by atoms with Crippen LogP contribution in [-0.4, -0.2) is 17.3 Å². The van der Waals surface area contributed by atoms with Crippen molar-refractivity contribution >= 4 is 0 Å². The van der Waals surface area contributed by atoms with Gasteiger partial charge in [-0.2, -0.15) is 0 Å². The van der Waals surface area contributed by atoms with Gasteiger partial charge in [0.25, 0.3) is 0 Å². The SMILES string of the molecule is Cc1ccc([C@@H](O)C2OC2C(C)(C)C)cc1. The Hall–Kier alpha value is -0.860. The molecule has 0 aromatic heterocycles. The lowest BCUT2D eigenvalue weighted by Gasteiger charge is -2.16. The van der Waals surface area contributed by atoms with Crippen LogP contribution in [0, 0.1) is 12.3 Å². The summed E-state index contributed by atoms with van der Waals surface area (Å²) < 4.78 is 5.58. The van der Waals surface area contributed by atoms with E-state index in [1.165, 1.54) is 5.56 Å². The zero-order chi connectivity index (χ0) is 11.9. The summed E-state index contributed by atoms with van der Waals surface area (Å²) in [6.07, 6.45) is -0.365.